The van der Waals surface area contributed by atoms with Crippen LogP contribution < -0.4 is 5.32 Å². The van der Waals surface area contributed by atoms with Crippen LogP contribution in [0.3, 0.4) is 0 Å². The number of hydrogen-bond donors (Lipinski definition) is 1. The molecule has 0 saturated carbocycles. The van der Waals surface area contributed by atoms with Crippen molar-refractivity contribution in [1.29, 1.82) is 0 Å². The van der Waals surface area contributed by atoms with Gasteiger partial charge in [0.05, 0.1) is 6.54 Å². The molecule has 0 radical (unpaired) electrons. The fraction of sp³-hybridized carbons (Fsp3) is 0.348. The van der Waals surface area contributed by atoms with Crippen LogP contribution in [0.5, 0.6) is 0 Å². The van der Waals surface area contributed by atoms with Crippen molar-refractivity contribution in [3.8, 4) is 11.4 Å². The number of thioether (sulfide) groups is 1. The van der Waals surface area contributed by atoms with E-state index in [4.69, 9.17) is 4.52 Å². The van der Waals surface area contributed by atoms with Crippen LogP contribution in [0.2, 0.25) is 0 Å². The molecule has 2 aromatic carbocycles. The second-order valence-corrected chi connectivity index (χ2v) is 8.53. The van der Waals surface area contributed by atoms with E-state index >= 15 is 0 Å². The number of likely N-dealkylation sites (tertiary alicyclic amines) is 1. The highest BCUT2D eigenvalue weighted by molar-refractivity contribution is 7.98. The van der Waals surface area contributed by atoms with Crippen LogP contribution in [-0.2, 0) is 11.3 Å². The average Bonchev–Trinajstić information content (AvgIpc) is 3.23. The molecule has 2 heterocycles. The molecule has 1 N–H and O–H groups in total. The van der Waals surface area contributed by atoms with E-state index in [-0.39, 0.29) is 11.8 Å². The quantitative estimate of drug-likeness (QED) is 0.585. The number of rotatable bonds is 6. The summed E-state index contributed by atoms with van der Waals surface area (Å²) in [4.78, 5) is 20.6. The molecular weight excluding hydrogens is 396 g/mol. The summed E-state index contributed by atoms with van der Waals surface area (Å²) in [5.74, 6) is 1.37. The van der Waals surface area contributed by atoms with Gasteiger partial charge < -0.3 is 9.84 Å². The van der Waals surface area contributed by atoms with Crippen molar-refractivity contribution in [3.05, 3.63) is 60.0 Å². The largest absolute Gasteiger partial charge is 0.338 e. The third kappa shape index (κ3) is 5.09. The van der Waals surface area contributed by atoms with Crippen LogP contribution in [0.4, 0.5) is 5.69 Å². The average molecular weight is 423 g/mol. The van der Waals surface area contributed by atoms with E-state index in [1.807, 2.05) is 61.7 Å². The van der Waals surface area contributed by atoms with Crippen molar-refractivity contribution in [1.82, 2.24) is 15.0 Å². The number of carbonyl (C=O) groups excluding carboxylic acids is 1. The van der Waals surface area contributed by atoms with Crippen LogP contribution in [-0.4, -0.2) is 40.3 Å². The van der Waals surface area contributed by atoms with Gasteiger partial charge in [-0.2, -0.15) is 4.98 Å². The zero-order valence-electron chi connectivity index (χ0n) is 17.3. The first-order valence-electron chi connectivity index (χ1n) is 10.2. The highest BCUT2D eigenvalue weighted by atomic mass is 32.2. The predicted molar refractivity (Wildman–Crippen MR) is 119 cm³/mol. The first-order valence-corrected chi connectivity index (χ1v) is 11.4. The van der Waals surface area contributed by atoms with Gasteiger partial charge >= 0.3 is 0 Å². The Balaban J connectivity index is 1.29. The summed E-state index contributed by atoms with van der Waals surface area (Å²) >= 11 is 1.67. The van der Waals surface area contributed by atoms with Crippen LogP contribution in [0, 0.1) is 12.8 Å². The van der Waals surface area contributed by atoms with Crippen molar-refractivity contribution in [2.45, 2.75) is 31.2 Å². The number of carbonyl (C=O) groups is 1. The molecule has 1 aliphatic heterocycles. The minimum Gasteiger partial charge on any atom is -0.338 e. The molecule has 156 valence electrons. The van der Waals surface area contributed by atoms with E-state index in [1.165, 1.54) is 5.56 Å². The van der Waals surface area contributed by atoms with Gasteiger partial charge in [-0.15, -0.1) is 11.8 Å². The number of nitrogens with one attached hydrogen (secondary N) is 1. The van der Waals surface area contributed by atoms with Crippen molar-refractivity contribution >= 4 is 23.4 Å². The summed E-state index contributed by atoms with van der Waals surface area (Å²) in [6.45, 7) is 4.34. The number of nitrogens with zero attached hydrogens (tertiary/aromatic N) is 3. The molecule has 6 nitrogen and oxygen atoms in total. The zero-order chi connectivity index (χ0) is 20.9. The van der Waals surface area contributed by atoms with E-state index in [2.05, 4.69) is 20.4 Å². The molecule has 1 fully saturated rings. The number of amides is 1. The lowest BCUT2D eigenvalue weighted by Crippen LogP contribution is -2.37. The topological polar surface area (TPSA) is 71.3 Å². The summed E-state index contributed by atoms with van der Waals surface area (Å²) in [7, 11) is 0. The van der Waals surface area contributed by atoms with E-state index in [0.29, 0.717) is 18.3 Å². The van der Waals surface area contributed by atoms with Gasteiger partial charge in [0.1, 0.15) is 0 Å². The second kappa shape index (κ2) is 9.45. The normalized spacial score (nSPS) is 15.3. The highest BCUT2D eigenvalue weighted by Crippen LogP contribution is 2.24. The van der Waals surface area contributed by atoms with Crippen molar-refractivity contribution in [2.24, 2.45) is 5.92 Å². The molecule has 1 amide bonds. The molecule has 0 spiro atoms. The van der Waals surface area contributed by atoms with Gasteiger partial charge in [-0.3, -0.25) is 9.69 Å². The number of benzene rings is 2. The lowest BCUT2D eigenvalue weighted by Gasteiger charge is -2.30. The van der Waals surface area contributed by atoms with E-state index < -0.39 is 0 Å². The maximum Gasteiger partial charge on any atom is 0.241 e. The minimum atomic E-state index is 0.0322. The Morgan fingerprint density at radius 3 is 2.77 bits per heavy atom. The number of piperidine rings is 1. The maximum atomic E-state index is 12.6. The predicted octanol–water partition coefficient (Wildman–Crippen LogP) is 4.62. The maximum absolute atomic E-state index is 12.6. The Hall–Kier alpha value is -2.64. The fourth-order valence-electron chi connectivity index (χ4n) is 3.71. The van der Waals surface area contributed by atoms with Crippen molar-refractivity contribution < 1.29 is 9.32 Å². The minimum absolute atomic E-state index is 0.0322. The van der Waals surface area contributed by atoms with Crippen LogP contribution >= 0.6 is 11.8 Å². The van der Waals surface area contributed by atoms with Gasteiger partial charge in [0.15, 0.2) is 0 Å². The van der Waals surface area contributed by atoms with E-state index in [1.54, 1.807) is 11.8 Å². The SMILES string of the molecule is CSc1cccc(NC(=O)C2CCN(Cc3nc(-c4cccc(C)c4)no3)CC2)c1. The number of aryl methyl sites for hydroxylation is 1. The summed E-state index contributed by atoms with van der Waals surface area (Å²) < 4.78 is 5.45. The lowest BCUT2D eigenvalue weighted by atomic mass is 9.96. The molecule has 1 aliphatic rings. The van der Waals surface area contributed by atoms with E-state index in [9.17, 15) is 4.79 Å². The van der Waals surface area contributed by atoms with Gasteiger partial charge in [0.25, 0.3) is 0 Å². The van der Waals surface area contributed by atoms with Gasteiger partial charge in [-0.1, -0.05) is 35.0 Å². The molecule has 4 rings (SSSR count). The third-order valence-corrected chi connectivity index (χ3v) is 6.12. The molecule has 0 bridgehead atoms. The van der Waals surface area contributed by atoms with E-state index in [0.717, 1.165) is 42.1 Å². The van der Waals surface area contributed by atoms with Crippen LogP contribution in [0.1, 0.15) is 24.3 Å². The molecule has 0 unspecified atom stereocenters. The molecule has 1 aromatic heterocycles. The monoisotopic (exact) mass is 422 g/mol. The number of hydrogen-bond acceptors (Lipinski definition) is 6. The standard InChI is InChI=1S/C23H26N4O2S/c1-16-5-3-6-18(13-16)22-25-21(29-26-22)15-27-11-9-17(10-12-27)23(28)24-19-7-4-8-20(14-19)30-2/h3-8,13-14,17H,9-12,15H2,1-2H3,(H,24,28). The Morgan fingerprint density at radius 2 is 2.00 bits per heavy atom. The summed E-state index contributed by atoms with van der Waals surface area (Å²) in [5, 5.41) is 7.18. The third-order valence-electron chi connectivity index (χ3n) is 5.40. The Morgan fingerprint density at radius 1 is 1.20 bits per heavy atom. The Kier molecular flexibility index (Phi) is 6.50. The first kappa shape index (κ1) is 20.6. The molecular formula is C23H26N4O2S. The summed E-state index contributed by atoms with van der Waals surface area (Å²) in [5.41, 5.74) is 2.99. The second-order valence-electron chi connectivity index (χ2n) is 7.65. The molecule has 0 aliphatic carbocycles. The van der Waals surface area contributed by atoms with Crippen LogP contribution in [0.15, 0.2) is 57.9 Å². The molecule has 1 saturated heterocycles. The molecule has 0 atom stereocenters. The zero-order valence-corrected chi connectivity index (χ0v) is 18.1. The van der Waals surface area contributed by atoms with Gasteiger partial charge in [-0.25, -0.2) is 0 Å². The highest BCUT2D eigenvalue weighted by Gasteiger charge is 2.26. The first-order chi connectivity index (χ1) is 14.6. The number of anilines is 1. The Bertz CT molecular complexity index is 1010. The molecule has 7 heteroatoms. The van der Waals surface area contributed by atoms with Crippen molar-refractivity contribution in [3.63, 3.8) is 0 Å². The van der Waals surface area contributed by atoms with Gasteiger partial charge in [-0.05, 0) is 63.4 Å². The number of aromatic nitrogens is 2. The van der Waals surface area contributed by atoms with Gasteiger partial charge in [0.2, 0.25) is 17.6 Å². The molecule has 3 aromatic rings. The van der Waals surface area contributed by atoms with Crippen LogP contribution in [0.25, 0.3) is 11.4 Å². The molecule has 30 heavy (non-hydrogen) atoms. The van der Waals surface area contributed by atoms with Gasteiger partial charge in [0, 0.05) is 22.1 Å². The fourth-order valence-corrected chi connectivity index (χ4v) is 4.17. The Labute approximate surface area is 181 Å². The smallest absolute Gasteiger partial charge is 0.241 e. The summed E-state index contributed by atoms with van der Waals surface area (Å²) in [6, 6.07) is 16.0. The summed E-state index contributed by atoms with van der Waals surface area (Å²) in [6.07, 6.45) is 3.68. The van der Waals surface area contributed by atoms with Crippen molar-refractivity contribution in [2.75, 3.05) is 24.7 Å². The lowest BCUT2D eigenvalue weighted by molar-refractivity contribution is -0.121.